The first-order valence-corrected chi connectivity index (χ1v) is 10.2. The van der Waals surface area contributed by atoms with Crippen LogP contribution in [-0.2, 0) is 21.2 Å². The minimum atomic E-state index is -3.62. The highest BCUT2D eigenvalue weighted by Gasteiger charge is 2.18. The molecule has 0 aliphatic rings. The van der Waals surface area contributed by atoms with Crippen molar-refractivity contribution in [2.45, 2.75) is 24.7 Å². The molecule has 0 heterocycles. The van der Waals surface area contributed by atoms with Crippen LogP contribution in [0.5, 0.6) is 0 Å². The number of sulfonamides is 1. The van der Waals surface area contributed by atoms with Gasteiger partial charge in [0.25, 0.3) is 0 Å². The molecule has 0 atom stereocenters. The molecule has 0 aromatic heterocycles. The van der Waals surface area contributed by atoms with Gasteiger partial charge >= 0.3 is 5.97 Å². The fraction of sp³-hybridized carbons (Fsp3) is 0.350. The van der Waals surface area contributed by atoms with Gasteiger partial charge in [-0.15, -0.1) is 0 Å². The molecule has 2 aromatic carbocycles. The van der Waals surface area contributed by atoms with Crippen molar-refractivity contribution in [3.05, 3.63) is 59.2 Å². The van der Waals surface area contributed by atoms with Gasteiger partial charge in [-0.25, -0.2) is 17.9 Å². The number of benzene rings is 2. The highest BCUT2D eigenvalue weighted by molar-refractivity contribution is 7.89. The van der Waals surface area contributed by atoms with E-state index in [9.17, 15) is 13.2 Å². The third-order valence-electron chi connectivity index (χ3n) is 4.27. The van der Waals surface area contributed by atoms with Crippen LogP contribution in [0.1, 0.15) is 27.9 Å². The highest BCUT2D eigenvalue weighted by Crippen LogP contribution is 2.18. The maximum Gasteiger partial charge on any atom is 0.337 e. The van der Waals surface area contributed by atoms with E-state index in [4.69, 9.17) is 0 Å². The van der Waals surface area contributed by atoms with Crippen LogP contribution in [0, 0.1) is 6.92 Å². The first kappa shape index (κ1) is 20.9. The second kappa shape index (κ2) is 9.01. The Balaban J connectivity index is 1.94. The van der Waals surface area contributed by atoms with Gasteiger partial charge in [0.15, 0.2) is 0 Å². The average molecular weight is 391 g/mol. The average Bonchev–Trinajstić information content (AvgIpc) is 2.64. The zero-order valence-electron chi connectivity index (χ0n) is 16.2. The van der Waals surface area contributed by atoms with E-state index in [1.165, 1.54) is 30.9 Å². The van der Waals surface area contributed by atoms with E-state index in [0.29, 0.717) is 24.1 Å². The van der Waals surface area contributed by atoms with E-state index < -0.39 is 16.0 Å². The highest BCUT2D eigenvalue weighted by atomic mass is 32.2. The Hall–Kier alpha value is -2.38. The summed E-state index contributed by atoms with van der Waals surface area (Å²) < 4.78 is 32.3. The van der Waals surface area contributed by atoms with E-state index in [2.05, 4.69) is 21.6 Å². The second-order valence-electron chi connectivity index (χ2n) is 6.53. The molecule has 6 nitrogen and oxygen atoms in total. The van der Waals surface area contributed by atoms with Crippen LogP contribution >= 0.6 is 0 Å². The van der Waals surface area contributed by atoms with Crippen molar-refractivity contribution in [1.29, 1.82) is 0 Å². The van der Waals surface area contributed by atoms with Crippen LogP contribution in [0.4, 0.5) is 5.69 Å². The Morgan fingerprint density at radius 3 is 2.33 bits per heavy atom. The molecule has 0 amide bonds. The molecule has 0 saturated carbocycles. The van der Waals surface area contributed by atoms with Gasteiger partial charge in [-0.3, -0.25) is 0 Å². The molecule has 0 aliphatic heterocycles. The Morgan fingerprint density at radius 1 is 1.11 bits per heavy atom. The van der Waals surface area contributed by atoms with Crippen LogP contribution < -0.4 is 9.62 Å². The van der Waals surface area contributed by atoms with Crippen LogP contribution in [0.3, 0.4) is 0 Å². The van der Waals surface area contributed by atoms with Gasteiger partial charge in [-0.05, 0) is 61.2 Å². The van der Waals surface area contributed by atoms with Crippen molar-refractivity contribution in [2.24, 2.45) is 0 Å². The van der Waals surface area contributed by atoms with Crippen LogP contribution in [-0.4, -0.2) is 42.1 Å². The number of rotatable bonds is 8. The van der Waals surface area contributed by atoms with Gasteiger partial charge < -0.3 is 9.64 Å². The molecule has 2 aromatic rings. The summed E-state index contributed by atoms with van der Waals surface area (Å²) in [6.45, 7) is 2.00. The Bertz CT molecular complexity index is 891. The first-order valence-electron chi connectivity index (χ1n) is 8.69. The van der Waals surface area contributed by atoms with Crippen molar-refractivity contribution < 1.29 is 17.9 Å². The van der Waals surface area contributed by atoms with Gasteiger partial charge in [0.2, 0.25) is 10.0 Å². The van der Waals surface area contributed by atoms with E-state index in [0.717, 1.165) is 12.1 Å². The molecular weight excluding hydrogens is 364 g/mol. The number of esters is 1. The number of nitrogens with zero attached hydrogens (tertiary/aromatic N) is 1. The topological polar surface area (TPSA) is 75.7 Å². The summed E-state index contributed by atoms with van der Waals surface area (Å²) in [6.07, 6.45) is 1.48. The quantitative estimate of drug-likeness (QED) is 0.554. The standard InChI is InChI=1S/C20H26N2O4S/c1-15-14-17(20(23)26-4)9-12-19(15)27(24,25)21-13-5-6-16-7-10-18(11-8-16)22(2)3/h7-12,14,21H,5-6,13H2,1-4H3. The molecule has 7 heteroatoms. The maximum absolute atomic E-state index is 12.5. The number of methoxy groups -OCH3 is 1. The zero-order chi connectivity index (χ0) is 20.0. The van der Waals surface area contributed by atoms with Crippen molar-refractivity contribution >= 4 is 21.7 Å². The summed E-state index contributed by atoms with van der Waals surface area (Å²) in [5.41, 5.74) is 3.13. The lowest BCUT2D eigenvalue weighted by Crippen LogP contribution is -2.26. The number of anilines is 1. The van der Waals surface area contributed by atoms with Crippen molar-refractivity contribution in [3.63, 3.8) is 0 Å². The number of carbonyl (C=O) groups is 1. The van der Waals surface area contributed by atoms with Gasteiger partial charge in [0, 0.05) is 26.3 Å². The van der Waals surface area contributed by atoms with Crippen LogP contribution in [0.15, 0.2) is 47.4 Å². The number of nitrogens with one attached hydrogen (secondary N) is 1. The predicted molar refractivity (Wildman–Crippen MR) is 107 cm³/mol. The molecule has 2 rings (SSSR count). The minimum Gasteiger partial charge on any atom is -0.465 e. The van der Waals surface area contributed by atoms with Crippen LogP contribution in [0.2, 0.25) is 0 Å². The molecule has 0 unspecified atom stereocenters. The molecule has 0 radical (unpaired) electrons. The van der Waals surface area contributed by atoms with Crippen LogP contribution in [0.25, 0.3) is 0 Å². The third-order valence-corrected chi connectivity index (χ3v) is 5.89. The molecule has 1 N–H and O–H groups in total. The van der Waals surface area contributed by atoms with E-state index in [1.54, 1.807) is 6.92 Å². The summed E-state index contributed by atoms with van der Waals surface area (Å²) in [5, 5.41) is 0. The van der Waals surface area contributed by atoms with E-state index in [1.807, 2.05) is 31.1 Å². The lowest BCUT2D eigenvalue weighted by atomic mass is 10.1. The number of hydrogen-bond donors (Lipinski definition) is 1. The molecule has 27 heavy (non-hydrogen) atoms. The third kappa shape index (κ3) is 5.55. The molecule has 0 fully saturated rings. The van der Waals surface area contributed by atoms with Gasteiger partial charge in [0.1, 0.15) is 0 Å². The number of carbonyl (C=O) groups excluding carboxylic acids is 1. The molecule has 0 bridgehead atoms. The predicted octanol–water partition coefficient (Wildman–Crippen LogP) is 2.76. The Kier molecular flexibility index (Phi) is 6.98. The zero-order valence-corrected chi connectivity index (χ0v) is 17.0. The van der Waals surface area contributed by atoms with E-state index >= 15 is 0 Å². The normalized spacial score (nSPS) is 11.3. The van der Waals surface area contributed by atoms with Gasteiger partial charge in [0.05, 0.1) is 17.6 Å². The Labute approximate surface area is 161 Å². The number of ether oxygens (including phenoxy) is 1. The van der Waals surface area contributed by atoms with Crippen molar-refractivity contribution in [2.75, 3.05) is 32.6 Å². The summed E-state index contributed by atoms with van der Waals surface area (Å²) in [4.78, 5) is 13.7. The molecule has 0 spiro atoms. The summed E-state index contributed by atoms with van der Waals surface area (Å²) in [7, 11) is 1.65. The first-order chi connectivity index (χ1) is 12.7. The Morgan fingerprint density at radius 2 is 1.78 bits per heavy atom. The summed E-state index contributed by atoms with van der Waals surface area (Å²) in [5.74, 6) is -0.490. The maximum atomic E-state index is 12.5. The largest absolute Gasteiger partial charge is 0.465 e. The van der Waals surface area contributed by atoms with Crippen molar-refractivity contribution in [1.82, 2.24) is 4.72 Å². The smallest absolute Gasteiger partial charge is 0.337 e. The van der Waals surface area contributed by atoms with Crippen molar-refractivity contribution in [3.8, 4) is 0 Å². The lowest BCUT2D eigenvalue weighted by Gasteiger charge is -2.13. The number of aryl methyl sites for hydroxylation is 2. The molecule has 0 aliphatic carbocycles. The fourth-order valence-electron chi connectivity index (χ4n) is 2.73. The molecular formula is C20H26N2O4S. The van der Waals surface area contributed by atoms with Gasteiger partial charge in [-0.2, -0.15) is 0 Å². The molecule has 146 valence electrons. The second-order valence-corrected chi connectivity index (χ2v) is 8.27. The van der Waals surface area contributed by atoms with Gasteiger partial charge in [-0.1, -0.05) is 12.1 Å². The molecule has 0 saturated heterocycles. The summed E-state index contributed by atoms with van der Waals surface area (Å²) in [6, 6.07) is 12.6. The summed E-state index contributed by atoms with van der Waals surface area (Å²) >= 11 is 0. The number of hydrogen-bond acceptors (Lipinski definition) is 5. The monoisotopic (exact) mass is 390 g/mol. The SMILES string of the molecule is COC(=O)c1ccc(S(=O)(=O)NCCCc2ccc(N(C)C)cc2)c(C)c1. The fourth-order valence-corrected chi connectivity index (χ4v) is 4.03. The van der Waals surface area contributed by atoms with E-state index in [-0.39, 0.29) is 4.90 Å². The lowest BCUT2D eigenvalue weighted by molar-refractivity contribution is 0.0600. The minimum absolute atomic E-state index is 0.172.